The van der Waals surface area contributed by atoms with E-state index in [2.05, 4.69) is 28.4 Å². The van der Waals surface area contributed by atoms with Gasteiger partial charge in [-0.25, -0.2) is 0 Å². The fraction of sp³-hybridized carbons (Fsp3) is 0.545. The Morgan fingerprint density at radius 2 is 2.56 bits per heavy atom. The highest BCUT2D eigenvalue weighted by Crippen LogP contribution is 2.24. The lowest BCUT2D eigenvalue weighted by molar-refractivity contribution is -0.128. The molecule has 1 fully saturated rings. The summed E-state index contributed by atoms with van der Waals surface area (Å²) in [6, 6.07) is 2.09. The number of thiophene rings is 1. The molecule has 1 atom stereocenters. The van der Waals surface area contributed by atoms with Gasteiger partial charge in [-0.1, -0.05) is 0 Å². The van der Waals surface area contributed by atoms with Gasteiger partial charge in [0, 0.05) is 6.54 Å². The third kappa shape index (κ3) is 2.59. The molecule has 1 aliphatic heterocycles. The van der Waals surface area contributed by atoms with Gasteiger partial charge >= 0.3 is 0 Å². The minimum Gasteiger partial charge on any atom is -0.322 e. The third-order valence-corrected chi connectivity index (χ3v) is 4.08. The molecule has 1 amide bonds. The van der Waals surface area contributed by atoms with Gasteiger partial charge < -0.3 is 4.90 Å². The maximum Gasteiger partial charge on any atom is 0.238 e. The summed E-state index contributed by atoms with van der Waals surface area (Å²) < 4.78 is 0. The van der Waals surface area contributed by atoms with E-state index in [1.165, 1.54) is 5.56 Å². The molecule has 88 valence electrons. The smallest absolute Gasteiger partial charge is 0.238 e. The number of thioether (sulfide) groups is 1. The van der Waals surface area contributed by atoms with Crippen molar-refractivity contribution in [1.82, 2.24) is 10.2 Å². The van der Waals surface area contributed by atoms with Crippen molar-refractivity contribution in [3.63, 3.8) is 0 Å². The van der Waals surface area contributed by atoms with Crippen molar-refractivity contribution >= 4 is 29.0 Å². The average Bonchev–Trinajstić information content (AvgIpc) is 2.89. The number of hydrogen-bond donors (Lipinski definition) is 1. The topological polar surface area (TPSA) is 32.3 Å². The zero-order valence-electron chi connectivity index (χ0n) is 9.31. The summed E-state index contributed by atoms with van der Waals surface area (Å²) >= 11 is 3.50. The van der Waals surface area contributed by atoms with Gasteiger partial charge in [0.25, 0.3) is 0 Å². The molecule has 0 radical (unpaired) electrons. The van der Waals surface area contributed by atoms with Crippen molar-refractivity contribution in [3.8, 4) is 0 Å². The molecule has 0 bridgehead atoms. The van der Waals surface area contributed by atoms with Crippen LogP contribution in [0.25, 0.3) is 0 Å². The molecular formula is C11H16N2OS2. The minimum absolute atomic E-state index is 0.0978. The number of hydrogen-bond acceptors (Lipinski definition) is 4. The Morgan fingerprint density at radius 3 is 3.25 bits per heavy atom. The molecule has 0 saturated carbocycles. The summed E-state index contributed by atoms with van der Waals surface area (Å²) in [7, 11) is 0. The predicted octanol–water partition coefficient (Wildman–Crippen LogP) is 1.93. The van der Waals surface area contributed by atoms with Crippen molar-refractivity contribution in [2.45, 2.75) is 12.6 Å². The van der Waals surface area contributed by atoms with E-state index in [0.29, 0.717) is 6.54 Å². The van der Waals surface area contributed by atoms with Crippen LogP contribution in [0.2, 0.25) is 0 Å². The van der Waals surface area contributed by atoms with E-state index in [9.17, 15) is 4.79 Å². The van der Waals surface area contributed by atoms with Crippen molar-refractivity contribution in [1.29, 1.82) is 0 Å². The highest BCUT2D eigenvalue weighted by molar-refractivity contribution is 7.98. The lowest BCUT2D eigenvalue weighted by atomic mass is 10.2. The summed E-state index contributed by atoms with van der Waals surface area (Å²) in [5.41, 5.74) is 1.21. The first-order valence-electron chi connectivity index (χ1n) is 5.37. The molecular weight excluding hydrogens is 240 g/mol. The average molecular weight is 256 g/mol. The first-order chi connectivity index (χ1) is 7.83. The van der Waals surface area contributed by atoms with Gasteiger partial charge in [-0.2, -0.15) is 23.1 Å². The molecule has 2 rings (SSSR count). The van der Waals surface area contributed by atoms with Gasteiger partial charge in [-0.15, -0.1) is 0 Å². The van der Waals surface area contributed by atoms with Crippen molar-refractivity contribution < 1.29 is 4.79 Å². The van der Waals surface area contributed by atoms with Crippen molar-refractivity contribution in [2.24, 2.45) is 0 Å². The van der Waals surface area contributed by atoms with Gasteiger partial charge in [0.2, 0.25) is 5.91 Å². The van der Waals surface area contributed by atoms with Gasteiger partial charge in [0.15, 0.2) is 0 Å². The summed E-state index contributed by atoms with van der Waals surface area (Å²) in [4.78, 5) is 13.7. The molecule has 16 heavy (non-hydrogen) atoms. The van der Waals surface area contributed by atoms with E-state index >= 15 is 0 Å². The Kier molecular flexibility index (Phi) is 4.26. The van der Waals surface area contributed by atoms with Crippen LogP contribution in [0.3, 0.4) is 0 Å². The number of rotatable bonds is 5. The molecule has 0 spiro atoms. The first-order valence-corrected chi connectivity index (χ1v) is 7.70. The molecule has 1 unspecified atom stereocenters. The van der Waals surface area contributed by atoms with Crippen LogP contribution in [0.4, 0.5) is 0 Å². The molecule has 1 N–H and O–H groups in total. The van der Waals surface area contributed by atoms with Crippen molar-refractivity contribution in [2.75, 3.05) is 25.1 Å². The molecule has 0 aromatic carbocycles. The van der Waals surface area contributed by atoms with E-state index in [-0.39, 0.29) is 12.1 Å². The summed E-state index contributed by atoms with van der Waals surface area (Å²) in [5, 5.41) is 7.43. The second kappa shape index (κ2) is 5.70. The van der Waals surface area contributed by atoms with E-state index in [1.807, 2.05) is 16.7 Å². The normalized spacial score (nSPS) is 20.7. The molecule has 0 aliphatic carbocycles. The van der Waals surface area contributed by atoms with E-state index < -0.39 is 0 Å². The third-order valence-electron chi connectivity index (χ3n) is 2.69. The zero-order valence-corrected chi connectivity index (χ0v) is 10.9. The fourth-order valence-corrected chi connectivity index (χ4v) is 3.00. The van der Waals surface area contributed by atoms with Crippen LogP contribution in [-0.4, -0.2) is 35.9 Å². The Bertz CT molecular complexity index is 340. The number of nitrogens with one attached hydrogen (secondary N) is 1. The van der Waals surface area contributed by atoms with E-state index in [4.69, 9.17) is 0 Å². The quantitative estimate of drug-likeness (QED) is 0.817. The maximum atomic E-state index is 11.7. The van der Waals surface area contributed by atoms with Crippen LogP contribution in [0.5, 0.6) is 0 Å². The lowest BCUT2D eigenvalue weighted by Crippen LogP contribution is -2.31. The van der Waals surface area contributed by atoms with Crippen molar-refractivity contribution in [3.05, 3.63) is 22.4 Å². The van der Waals surface area contributed by atoms with Gasteiger partial charge in [-0.05, 0) is 40.8 Å². The molecule has 3 nitrogen and oxygen atoms in total. The number of nitrogens with zero attached hydrogens (tertiary/aromatic N) is 1. The fourth-order valence-electron chi connectivity index (χ4n) is 1.90. The van der Waals surface area contributed by atoms with E-state index in [0.717, 1.165) is 18.7 Å². The van der Waals surface area contributed by atoms with Gasteiger partial charge in [0.1, 0.15) is 6.17 Å². The summed E-state index contributed by atoms with van der Waals surface area (Å²) in [6.45, 7) is 1.33. The molecule has 1 aliphatic rings. The number of amides is 1. The monoisotopic (exact) mass is 256 g/mol. The molecule has 5 heteroatoms. The van der Waals surface area contributed by atoms with Crippen LogP contribution in [0.15, 0.2) is 16.8 Å². The largest absolute Gasteiger partial charge is 0.322 e. The Labute approximate surface area is 104 Å². The molecule has 1 saturated heterocycles. The SMILES string of the molecule is CSCCCN1C(=O)CNC1c1ccsc1. The van der Waals surface area contributed by atoms with Crippen LogP contribution >= 0.6 is 23.1 Å². The summed E-state index contributed by atoms with van der Waals surface area (Å²) in [6.07, 6.45) is 3.26. The van der Waals surface area contributed by atoms with Crippen LogP contribution < -0.4 is 5.32 Å². The number of carbonyl (C=O) groups excluding carboxylic acids is 1. The summed E-state index contributed by atoms with van der Waals surface area (Å²) in [5.74, 6) is 1.33. The maximum absolute atomic E-state index is 11.7. The highest BCUT2D eigenvalue weighted by Gasteiger charge is 2.30. The van der Waals surface area contributed by atoms with Crippen LogP contribution in [-0.2, 0) is 4.79 Å². The standard InChI is InChI=1S/C11H16N2OS2/c1-15-5-2-4-13-10(14)7-12-11(13)9-3-6-16-8-9/h3,6,8,11-12H,2,4-5,7H2,1H3. The minimum atomic E-state index is 0.0978. The van der Waals surface area contributed by atoms with Crippen LogP contribution in [0, 0.1) is 0 Å². The number of carbonyl (C=O) groups is 1. The molecule has 2 heterocycles. The second-order valence-electron chi connectivity index (χ2n) is 3.77. The molecule has 1 aromatic heterocycles. The Morgan fingerprint density at radius 1 is 1.69 bits per heavy atom. The Balaban J connectivity index is 1.99. The Hall–Kier alpha value is -0.520. The molecule has 1 aromatic rings. The van der Waals surface area contributed by atoms with Gasteiger partial charge in [-0.3, -0.25) is 10.1 Å². The van der Waals surface area contributed by atoms with Crippen LogP contribution in [0.1, 0.15) is 18.2 Å². The van der Waals surface area contributed by atoms with Gasteiger partial charge in [0.05, 0.1) is 6.54 Å². The predicted molar refractivity (Wildman–Crippen MR) is 69.8 cm³/mol. The zero-order chi connectivity index (χ0) is 11.4. The second-order valence-corrected chi connectivity index (χ2v) is 5.54. The first kappa shape index (κ1) is 12.0. The lowest BCUT2D eigenvalue weighted by Gasteiger charge is -2.23. The highest BCUT2D eigenvalue weighted by atomic mass is 32.2. The van der Waals surface area contributed by atoms with E-state index in [1.54, 1.807) is 11.3 Å².